The number of carbonyl (C=O) groups excluding carboxylic acids is 1. The fourth-order valence-corrected chi connectivity index (χ4v) is 3.47. The van der Waals surface area contributed by atoms with E-state index in [-0.39, 0.29) is 12.1 Å². The van der Waals surface area contributed by atoms with Gasteiger partial charge in [-0.3, -0.25) is 0 Å². The van der Waals surface area contributed by atoms with Crippen LogP contribution in [-0.2, 0) is 4.74 Å². The van der Waals surface area contributed by atoms with Gasteiger partial charge in [-0.2, -0.15) is 0 Å². The van der Waals surface area contributed by atoms with Crippen LogP contribution in [-0.4, -0.2) is 54.9 Å². The summed E-state index contributed by atoms with van der Waals surface area (Å²) < 4.78 is 5.29. The van der Waals surface area contributed by atoms with E-state index in [4.69, 9.17) is 4.74 Å². The first-order valence-corrected chi connectivity index (χ1v) is 8.67. The molecule has 128 valence electrons. The molecular weight excluding hydrogens is 278 g/mol. The molecule has 0 aromatic heterocycles. The zero-order valence-corrected chi connectivity index (χ0v) is 14.8. The van der Waals surface area contributed by atoms with Crippen LogP contribution in [0.4, 0.5) is 4.79 Å². The van der Waals surface area contributed by atoms with Gasteiger partial charge >= 0.3 is 6.09 Å². The SMILES string of the molecule is CC(NC1CC(NC(=O)OC(C)(C)C)C1)C1CCCN(C)C1. The fraction of sp³-hybridized carbons (Fsp3) is 0.941. The van der Waals surface area contributed by atoms with E-state index in [1.54, 1.807) is 0 Å². The zero-order chi connectivity index (χ0) is 16.3. The van der Waals surface area contributed by atoms with Crippen molar-refractivity contribution < 1.29 is 9.53 Å². The molecule has 1 amide bonds. The lowest BCUT2D eigenvalue weighted by Crippen LogP contribution is -2.56. The highest BCUT2D eigenvalue weighted by Gasteiger charge is 2.34. The molecule has 22 heavy (non-hydrogen) atoms. The highest BCUT2D eigenvalue weighted by Crippen LogP contribution is 2.24. The molecule has 2 N–H and O–H groups in total. The minimum atomic E-state index is -0.424. The van der Waals surface area contributed by atoms with Crippen molar-refractivity contribution >= 4 is 6.09 Å². The van der Waals surface area contributed by atoms with Gasteiger partial charge in [0.25, 0.3) is 0 Å². The fourth-order valence-electron chi connectivity index (χ4n) is 3.47. The molecular formula is C17H33N3O2. The Labute approximate surface area is 135 Å². The number of ether oxygens (including phenoxy) is 1. The minimum absolute atomic E-state index is 0.258. The molecule has 1 heterocycles. The van der Waals surface area contributed by atoms with Crippen molar-refractivity contribution in [3.8, 4) is 0 Å². The van der Waals surface area contributed by atoms with Crippen LogP contribution in [0.2, 0.25) is 0 Å². The van der Waals surface area contributed by atoms with Crippen LogP contribution in [0.5, 0.6) is 0 Å². The number of nitrogens with zero attached hydrogens (tertiary/aromatic N) is 1. The molecule has 2 rings (SSSR count). The van der Waals surface area contributed by atoms with E-state index in [2.05, 4.69) is 29.5 Å². The first kappa shape index (κ1) is 17.5. The third kappa shape index (κ3) is 5.43. The summed E-state index contributed by atoms with van der Waals surface area (Å²) in [6, 6.07) is 1.34. The van der Waals surface area contributed by atoms with Gasteiger partial charge in [0.15, 0.2) is 0 Å². The summed E-state index contributed by atoms with van der Waals surface area (Å²) in [6.45, 7) is 10.4. The van der Waals surface area contributed by atoms with Gasteiger partial charge in [0, 0.05) is 24.7 Å². The van der Waals surface area contributed by atoms with Crippen molar-refractivity contribution in [2.24, 2.45) is 5.92 Å². The summed E-state index contributed by atoms with van der Waals surface area (Å²) in [5.74, 6) is 0.747. The predicted octanol–water partition coefficient (Wildman–Crippen LogP) is 2.36. The number of likely N-dealkylation sites (tertiary alicyclic amines) is 1. The van der Waals surface area contributed by atoms with E-state index in [1.165, 1.54) is 25.9 Å². The molecule has 0 bridgehead atoms. The van der Waals surface area contributed by atoms with Gasteiger partial charge in [0.05, 0.1) is 0 Å². The van der Waals surface area contributed by atoms with Gasteiger partial charge in [-0.15, -0.1) is 0 Å². The molecule has 5 nitrogen and oxygen atoms in total. The summed E-state index contributed by atoms with van der Waals surface area (Å²) in [5, 5.41) is 6.69. The monoisotopic (exact) mass is 311 g/mol. The third-order valence-corrected chi connectivity index (χ3v) is 4.73. The summed E-state index contributed by atoms with van der Waals surface area (Å²) in [7, 11) is 2.21. The Morgan fingerprint density at radius 3 is 2.55 bits per heavy atom. The van der Waals surface area contributed by atoms with Crippen molar-refractivity contribution in [2.45, 2.75) is 77.1 Å². The highest BCUT2D eigenvalue weighted by molar-refractivity contribution is 5.68. The quantitative estimate of drug-likeness (QED) is 0.837. The molecule has 5 heteroatoms. The topological polar surface area (TPSA) is 53.6 Å². The lowest BCUT2D eigenvalue weighted by atomic mass is 9.84. The van der Waals surface area contributed by atoms with E-state index in [9.17, 15) is 4.79 Å². The van der Waals surface area contributed by atoms with Crippen molar-refractivity contribution in [1.82, 2.24) is 15.5 Å². The Kier molecular flexibility index (Phi) is 5.72. The molecule has 1 aliphatic carbocycles. The van der Waals surface area contributed by atoms with Crippen molar-refractivity contribution in [1.29, 1.82) is 0 Å². The minimum Gasteiger partial charge on any atom is -0.444 e. The Morgan fingerprint density at radius 2 is 1.95 bits per heavy atom. The maximum Gasteiger partial charge on any atom is 0.407 e. The van der Waals surface area contributed by atoms with Gasteiger partial charge in [-0.1, -0.05) is 0 Å². The summed E-state index contributed by atoms with van der Waals surface area (Å²) in [4.78, 5) is 14.1. The first-order chi connectivity index (χ1) is 10.2. The summed E-state index contributed by atoms with van der Waals surface area (Å²) >= 11 is 0. The van der Waals surface area contributed by atoms with Crippen molar-refractivity contribution in [2.75, 3.05) is 20.1 Å². The van der Waals surface area contributed by atoms with Gasteiger partial charge in [0.2, 0.25) is 0 Å². The largest absolute Gasteiger partial charge is 0.444 e. The molecule has 0 spiro atoms. The molecule has 1 saturated heterocycles. The van der Waals surface area contributed by atoms with Crippen LogP contribution in [0.3, 0.4) is 0 Å². The Hall–Kier alpha value is -0.810. The second-order valence-electron chi connectivity index (χ2n) is 8.13. The van der Waals surface area contributed by atoms with Crippen molar-refractivity contribution in [3.63, 3.8) is 0 Å². The normalized spacial score (nSPS) is 31.2. The Morgan fingerprint density at radius 1 is 1.27 bits per heavy atom. The smallest absolute Gasteiger partial charge is 0.407 e. The van der Waals surface area contributed by atoms with Gasteiger partial charge in [0.1, 0.15) is 5.60 Å². The number of carbonyl (C=O) groups is 1. The predicted molar refractivity (Wildman–Crippen MR) is 89.0 cm³/mol. The molecule has 2 atom stereocenters. The molecule has 0 radical (unpaired) electrons. The van der Waals surface area contributed by atoms with Crippen LogP contribution >= 0.6 is 0 Å². The second-order valence-corrected chi connectivity index (χ2v) is 8.13. The molecule has 0 aromatic rings. The Bertz CT molecular complexity index is 375. The van der Waals surface area contributed by atoms with E-state index in [0.717, 1.165) is 18.8 Å². The number of hydrogen-bond acceptors (Lipinski definition) is 4. The Balaban J connectivity index is 1.63. The van der Waals surface area contributed by atoms with Crippen LogP contribution < -0.4 is 10.6 Å². The van der Waals surface area contributed by atoms with E-state index >= 15 is 0 Å². The van der Waals surface area contributed by atoms with E-state index < -0.39 is 5.60 Å². The third-order valence-electron chi connectivity index (χ3n) is 4.73. The lowest BCUT2D eigenvalue weighted by molar-refractivity contribution is 0.0459. The number of alkyl carbamates (subject to hydrolysis) is 1. The molecule has 2 unspecified atom stereocenters. The van der Waals surface area contributed by atoms with Crippen molar-refractivity contribution in [3.05, 3.63) is 0 Å². The number of rotatable bonds is 4. The average Bonchev–Trinajstić information content (AvgIpc) is 2.33. The van der Waals surface area contributed by atoms with Crippen LogP contribution in [0.15, 0.2) is 0 Å². The standard InChI is InChI=1S/C17H33N3O2/c1-12(13-7-6-8-20(5)11-13)18-14-9-15(10-14)19-16(21)22-17(2,3)4/h12-15,18H,6-11H2,1-5H3,(H,19,21). The maximum absolute atomic E-state index is 11.7. The second kappa shape index (κ2) is 7.18. The molecule has 1 aliphatic heterocycles. The summed E-state index contributed by atoms with van der Waals surface area (Å²) in [5.41, 5.74) is -0.424. The molecule has 1 saturated carbocycles. The highest BCUT2D eigenvalue weighted by atomic mass is 16.6. The maximum atomic E-state index is 11.7. The molecule has 2 aliphatic rings. The number of hydrogen-bond donors (Lipinski definition) is 2. The van der Waals surface area contributed by atoms with Gasteiger partial charge in [-0.05, 0) is 72.9 Å². The number of amides is 1. The zero-order valence-electron chi connectivity index (χ0n) is 14.8. The number of piperidine rings is 1. The molecule has 0 aromatic carbocycles. The van der Waals surface area contributed by atoms with Crippen LogP contribution in [0, 0.1) is 5.92 Å². The first-order valence-electron chi connectivity index (χ1n) is 8.67. The van der Waals surface area contributed by atoms with Gasteiger partial charge < -0.3 is 20.3 Å². The van der Waals surface area contributed by atoms with E-state index in [1.807, 2.05) is 20.8 Å². The van der Waals surface area contributed by atoms with Crippen LogP contribution in [0.1, 0.15) is 53.4 Å². The van der Waals surface area contributed by atoms with E-state index in [0.29, 0.717) is 12.1 Å². The van der Waals surface area contributed by atoms with Crippen LogP contribution in [0.25, 0.3) is 0 Å². The van der Waals surface area contributed by atoms with Gasteiger partial charge in [-0.25, -0.2) is 4.79 Å². The molecule has 2 fully saturated rings. The lowest BCUT2D eigenvalue weighted by Gasteiger charge is -2.41. The summed E-state index contributed by atoms with van der Waals surface area (Å²) in [6.07, 6.45) is 4.35. The number of nitrogens with one attached hydrogen (secondary N) is 2. The average molecular weight is 311 g/mol.